The van der Waals surface area contributed by atoms with Crippen LogP contribution in [-0.4, -0.2) is 37.8 Å². The minimum Gasteiger partial charge on any atom is -0.351 e. The molecule has 1 unspecified atom stereocenters. The molecule has 3 rings (SSSR count). The minimum atomic E-state index is -3.06. The summed E-state index contributed by atoms with van der Waals surface area (Å²) in [6.45, 7) is 3.88. The first-order valence-electron chi connectivity index (χ1n) is 8.12. The van der Waals surface area contributed by atoms with Crippen LogP contribution in [0.3, 0.4) is 0 Å². The number of aryl methyl sites for hydroxylation is 2. The maximum Gasteiger partial charge on any atom is 0.240 e. The lowest BCUT2D eigenvalue weighted by Gasteiger charge is -2.19. The Hall–Kier alpha value is -1.89. The fourth-order valence-corrected chi connectivity index (χ4v) is 4.78. The van der Waals surface area contributed by atoms with E-state index in [4.69, 9.17) is 0 Å². The van der Waals surface area contributed by atoms with E-state index in [-0.39, 0.29) is 29.4 Å². The second-order valence-electron chi connectivity index (χ2n) is 6.93. The van der Waals surface area contributed by atoms with Gasteiger partial charge in [-0.15, -0.1) is 0 Å². The highest BCUT2D eigenvalue weighted by atomic mass is 32.2. The molecule has 1 heterocycles. The summed E-state index contributed by atoms with van der Waals surface area (Å²) in [7, 11) is -3.06. The van der Waals surface area contributed by atoms with Crippen molar-refractivity contribution in [1.29, 1.82) is 0 Å². The van der Waals surface area contributed by atoms with E-state index in [1.165, 1.54) is 0 Å². The molecule has 0 radical (unpaired) electrons. The first-order chi connectivity index (χ1) is 11.2. The van der Waals surface area contributed by atoms with Crippen LogP contribution in [0.2, 0.25) is 0 Å². The van der Waals surface area contributed by atoms with Gasteiger partial charge in [0.15, 0.2) is 9.84 Å². The molecule has 2 fully saturated rings. The van der Waals surface area contributed by atoms with E-state index >= 15 is 0 Å². The molecule has 1 saturated carbocycles. The van der Waals surface area contributed by atoms with Crippen molar-refractivity contribution in [3.05, 3.63) is 29.3 Å². The van der Waals surface area contributed by atoms with Crippen LogP contribution >= 0.6 is 0 Å². The monoisotopic (exact) mass is 350 g/mol. The van der Waals surface area contributed by atoms with Crippen LogP contribution in [-0.2, 0) is 19.4 Å². The van der Waals surface area contributed by atoms with Crippen molar-refractivity contribution in [1.82, 2.24) is 5.32 Å². The molecular weight excluding hydrogens is 328 g/mol. The molecule has 7 heteroatoms. The van der Waals surface area contributed by atoms with Crippen LogP contribution in [0.25, 0.3) is 0 Å². The lowest BCUT2D eigenvalue weighted by molar-refractivity contribution is -0.134. The van der Waals surface area contributed by atoms with Gasteiger partial charge in [0, 0.05) is 11.7 Å². The van der Waals surface area contributed by atoms with Crippen LogP contribution < -0.4 is 10.6 Å². The second kappa shape index (κ2) is 5.88. The Labute approximate surface area is 141 Å². The molecule has 0 bridgehead atoms. The van der Waals surface area contributed by atoms with E-state index in [1.807, 2.05) is 32.0 Å². The third kappa shape index (κ3) is 3.31. The molecule has 0 spiro atoms. The number of rotatable bonds is 4. The lowest BCUT2D eigenvalue weighted by Crippen LogP contribution is -2.45. The Morgan fingerprint density at radius 2 is 1.88 bits per heavy atom. The van der Waals surface area contributed by atoms with Crippen molar-refractivity contribution in [2.75, 3.05) is 16.8 Å². The van der Waals surface area contributed by atoms with Gasteiger partial charge in [-0.05, 0) is 44.7 Å². The van der Waals surface area contributed by atoms with E-state index < -0.39 is 15.3 Å². The normalized spacial score (nSPS) is 23.5. The van der Waals surface area contributed by atoms with Gasteiger partial charge in [-0.25, -0.2) is 8.42 Å². The molecule has 1 aliphatic carbocycles. The van der Waals surface area contributed by atoms with Gasteiger partial charge < -0.3 is 10.6 Å². The Bertz CT molecular complexity index is 797. The number of nitrogens with one attached hydrogen (secondary N) is 2. The zero-order chi connectivity index (χ0) is 17.5. The molecular formula is C17H22N2O4S. The molecule has 130 valence electrons. The number of anilines is 1. The van der Waals surface area contributed by atoms with Crippen LogP contribution in [0, 0.1) is 19.3 Å². The highest BCUT2D eigenvalue weighted by Gasteiger charge is 2.57. The van der Waals surface area contributed by atoms with Crippen molar-refractivity contribution in [2.45, 2.75) is 39.2 Å². The molecule has 1 aromatic rings. The van der Waals surface area contributed by atoms with Gasteiger partial charge in [0.1, 0.15) is 5.41 Å². The molecule has 1 saturated heterocycles. The van der Waals surface area contributed by atoms with E-state index in [0.717, 1.165) is 11.1 Å². The van der Waals surface area contributed by atoms with Crippen molar-refractivity contribution in [3.63, 3.8) is 0 Å². The Balaban J connectivity index is 1.66. The number of hydrogen-bond donors (Lipinski definition) is 2. The fraction of sp³-hybridized carbons (Fsp3) is 0.529. The highest BCUT2D eigenvalue weighted by Crippen LogP contribution is 2.47. The predicted molar refractivity (Wildman–Crippen MR) is 91.4 cm³/mol. The Morgan fingerprint density at radius 1 is 1.17 bits per heavy atom. The summed E-state index contributed by atoms with van der Waals surface area (Å²) in [6.07, 6.45) is 1.41. The van der Waals surface area contributed by atoms with Crippen molar-refractivity contribution in [2.24, 2.45) is 5.41 Å². The standard InChI is InChI=1S/C17H22N2O4S/c1-11-3-4-14(12(2)9-11)19-16(21)17(6-7-17)15(20)18-13-5-8-24(22,23)10-13/h3-4,9,13H,5-8,10H2,1-2H3,(H,18,20)(H,19,21). The fourth-order valence-electron chi connectivity index (χ4n) is 3.11. The number of sulfone groups is 1. The van der Waals surface area contributed by atoms with Crippen molar-refractivity contribution < 1.29 is 18.0 Å². The minimum absolute atomic E-state index is 0.0342. The van der Waals surface area contributed by atoms with E-state index in [2.05, 4.69) is 10.6 Å². The van der Waals surface area contributed by atoms with E-state index in [9.17, 15) is 18.0 Å². The Morgan fingerprint density at radius 3 is 2.42 bits per heavy atom. The summed E-state index contributed by atoms with van der Waals surface area (Å²) in [5, 5.41) is 5.59. The molecule has 2 aliphatic rings. The van der Waals surface area contributed by atoms with Gasteiger partial charge in [0.2, 0.25) is 11.8 Å². The topological polar surface area (TPSA) is 92.3 Å². The molecule has 1 aliphatic heterocycles. The smallest absolute Gasteiger partial charge is 0.240 e. The molecule has 6 nitrogen and oxygen atoms in total. The second-order valence-corrected chi connectivity index (χ2v) is 9.16. The number of amides is 2. The van der Waals surface area contributed by atoms with E-state index in [1.54, 1.807) is 0 Å². The maximum absolute atomic E-state index is 12.6. The molecule has 0 aromatic heterocycles. The molecule has 1 aromatic carbocycles. The average molecular weight is 350 g/mol. The maximum atomic E-state index is 12.6. The zero-order valence-corrected chi connectivity index (χ0v) is 14.7. The third-order valence-corrected chi connectivity index (χ3v) is 6.59. The van der Waals surface area contributed by atoms with Crippen molar-refractivity contribution >= 4 is 27.3 Å². The summed E-state index contributed by atoms with van der Waals surface area (Å²) in [5.41, 5.74) is 1.70. The summed E-state index contributed by atoms with van der Waals surface area (Å²) < 4.78 is 23.0. The van der Waals surface area contributed by atoms with Gasteiger partial charge in [0.05, 0.1) is 11.5 Å². The van der Waals surface area contributed by atoms with Crippen LogP contribution in [0.4, 0.5) is 5.69 Å². The molecule has 1 atom stereocenters. The Kier molecular flexibility index (Phi) is 4.15. The van der Waals surface area contributed by atoms with Crippen LogP contribution in [0.15, 0.2) is 18.2 Å². The highest BCUT2D eigenvalue weighted by molar-refractivity contribution is 7.91. The first kappa shape index (κ1) is 17.0. The van der Waals surface area contributed by atoms with Gasteiger partial charge in [-0.2, -0.15) is 0 Å². The quantitative estimate of drug-likeness (QED) is 0.801. The predicted octanol–water partition coefficient (Wildman–Crippen LogP) is 1.33. The SMILES string of the molecule is Cc1ccc(NC(=O)C2(C(=O)NC3CCS(=O)(=O)C3)CC2)c(C)c1. The summed E-state index contributed by atoms with van der Waals surface area (Å²) in [6, 6.07) is 5.33. The largest absolute Gasteiger partial charge is 0.351 e. The number of carbonyl (C=O) groups is 2. The lowest BCUT2D eigenvalue weighted by atomic mass is 10.0. The summed E-state index contributed by atoms with van der Waals surface area (Å²) >= 11 is 0. The molecule has 2 N–H and O–H groups in total. The number of carbonyl (C=O) groups excluding carboxylic acids is 2. The number of benzene rings is 1. The first-order valence-corrected chi connectivity index (χ1v) is 9.94. The third-order valence-electron chi connectivity index (χ3n) is 4.82. The zero-order valence-electron chi connectivity index (χ0n) is 13.9. The summed E-state index contributed by atoms with van der Waals surface area (Å²) in [4.78, 5) is 25.1. The van der Waals surface area contributed by atoms with Gasteiger partial charge in [-0.1, -0.05) is 17.7 Å². The van der Waals surface area contributed by atoms with Gasteiger partial charge in [-0.3, -0.25) is 9.59 Å². The van der Waals surface area contributed by atoms with Crippen molar-refractivity contribution in [3.8, 4) is 0 Å². The van der Waals surface area contributed by atoms with Crippen LogP contribution in [0.1, 0.15) is 30.4 Å². The van der Waals surface area contributed by atoms with Gasteiger partial charge in [0.25, 0.3) is 0 Å². The summed E-state index contributed by atoms with van der Waals surface area (Å²) in [5.74, 6) is -0.604. The molecule has 24 heavy (non-hydrogen) atoms. The van der Waals surface area contributed by atoms with Gasteiger partial charge >= 0.3 is 0 Å². The number of hydrogen-bond acceptors (Lipinski definition) is 4. The molecule has 2 amide bonds. The van der Waals surface area contributed by atoms with Crippen LogP contribution in [0.5, 0.6) is 0 Å². The average Bonchev–Trinajstić information content (AvgIpc) is 3.23. The van der Waals surface area contributed by atoms with E-state index in [0.29, 0.717) is 24.9 Å².